The SMILES string of the molecule is NCCCCC1CCC1. The summed E-state index contributed by atoms with van der Waals surface area (Å²) in [6.07, 6.45) is 8.50. The summed E-state index contributed by atoms with van der Waals surface area (Å²) in [6.45, 7) is 0.882. The fraction of sp³-hybridized carbons (Fsp3) is 1.00. The van der Waals surface area contributed by atoms with E-state index in [0.717, 1.165) is 12.5 Å². The largest absolute Gasteiger partial charge is 0.330 e. The van der Waals surface area contributed by atoms with E-state index in [2.05, 4.69) is 0 Å². The maximum Gasteiger partial charge on any atom is -0.00773 e. The van der Waals surface area contributed by atoms with Gasteiger partial charge in [0.2, 0.25) is 0 Å². The van der Waals surface area contributed by atoms with Gasteiger partial charge in [-0.05, 0) is 18.9 Å². The van der Waals surface area contributed by atoms with E-state index in [1.165, 1.54) is 38.5 Å². The first-order valence-corrected chi connectivity index (χ1v) is 4.13. The fourth-order valence-corrected chi connectivity index (χ4v) is 1.36. The van der Waals surface area contributed by atoms with Crippen LogP contribution >= 0.6 is 0 Å². The quantitative estimate of drug-likeness (QED) is 0.574. The molecule has 0 heterocycles. The van der Waals surface area contributed by atoms with Crippen LogP contribution in [0.5, 0.6) is 0 Å². The van der Waals surface area contributed by atoms with Gasteiger partial charge in [-0.2, -0.15) is 0 Å². The molecule has 0 spiro atoms. The molecular formula is C8H17N. The minimum absolute atomic E-state index is 0.882. The van der Waals surface area contributed by atoms with Gasteiger partial charge in [-0.3, -0.25) is 0 Å². The Hall–Kier alpha value is -0.0400. The molecule has 1 aliphatic rings. The van der Waals surface area contributed by atoms with Crippen LogP contribution in [-0.4, -0.2) is 6.54 Å². The lowest BCUT2D eigenvalue weighted by Gasteiger charge is -2.24. The smallest absolute Gasteiger partial charge is 0.00773 e. The van der Waals surface area contributed by atoms with Crippen molar-refractivity contribution in [1.82, 2.24) is 0 Å². The molecule has 1 nitrogen and oxygen atoms in total. The summed E-state index contributed by atoms with van der Waals surface area (Å²) in [5.41, 5.74) is 5.37. The Morgan fingerprint density at radius 1 is 1.22 bits per heavy atom. The van der Waals surface area contributed by atoms with E-state index in [0.29, 0.717) is 0 Å². The van der Waals surface area contributed by atoms with Crippen LogP contribution in [0.25, 0.3) is 0 Å². The van der Waals surface area contributed by atoms with Crippen molar-refractivity contribution in [1.29, 1.82) is 0 Å². The Labute approximate surface area is 57.6 Å². The Morgan fingerprint density at radius 3 is 2.44 bits per heavy atom. The Kier molecular flexibility index (Phi) is 3.05. The molecule has 0 amide bonds. The Balaban J connectivity index is 1.80. The van der Waals surface area contributed by atoms with Gasteiger partial charge in [0.25, 0.3) is 0 Å². The molecule has 0 aromatic rings. The topological polar surface area (TPSA) is 26.0 Å². The first kappa shape index (κ1) is 7.07. The van der Waals surface area contributed by atoms with Crippen molar-refractivity contribution in [3.8, 4) is 0 Å². The molecule has 9 heavy (non-hydrogen) atoms. The van der Waals surface area contributed by atoms with E-state index in [-0.39, 0.29) is 0 Å². The summed E-state index contributed by atoms with van der Waals surface area (Å²) in [5, 5.41) is 0. The van der Waals surface area contributed by atoms with Gasteiger partial charge in [0.15, 0.2) is 0 Å². The third-order valence-corrected chi connectivity index (χ3v) is 2.29. The van der Waals surface area contributed by atoms with Crippen LogP contribution in [-0.2, 0) is 0 Å². The van der Waals surface area contributed by atoms with Crippen molar-refractivity contribution in [2.45, 2.75) is 38.5 Å². The summed E-state index contributed by atoms with van der Waals surface area (Å²) in [5.74, 6) is 1.08. The van der Waals surface area contributed by atoms with Crippen LogP contribution in [0.1, 0.15) is 38.5 Å². The van der Waals surface area contributed by atoms with E-state index in [4.69, 9.17) is 5.73 Å². The zero-order valence-electron chi connectivity index (χ0n) is 6.10. The van der Waals surface area contributed by atoms with Crippen molar-refractivity contribution in [2.24, 2.45) is 11.7 Å². The molecule has 0 unspecified atom stereocenters. The van der Waals surface area contributed by atoms with E-state index < -0.39 is 0 Å². The zero-order chi connectivity index (χ0) is 6.53. The van der Waals surface area contributed by atoms with Crippen LogP contribution in [0.15, 0.2) is 0 Å². The summed E-state index contributed by atoms with van der Waals surface area (Å²) in [6, 6.07) is 0. The molecule has 0 aliphatic heterocycles. The number of unbranched alkanes of at least 4 members (excludes halogenated alkanes) is 1. The van der Waals surface area contributed by atoms with Gasteiger partial charge in [0, 0.05) is 0 Å². The molecule has 0 aromatic carbocycles. The van der Waals surface area contributed by atoms with Crippen molar-refractivity contribution < 1.29 is 0 Å². The van der Waals surface area contributed by atoms with Gasteiger partial charge in [-0.15, -0.1) is 0 Å². The summed E-state index contributed by atoms with van der Waals surface area (Å²) < 4.78 is 0. The average Bonchev–Trinajstić information content (AvgIpc) is 1.76. The highest BCUT2D eigenvalue weighted by Crippen LogP contribution is 2.30. The summed E-state index contributed by atoms with van der Waals surface area (Å²) in [4.78, 5) is 0. The standard InChI is InChI=1S/C8H17N/c9-7-2-1-4-8-5-3-6-8/h8H,1-7,9H2. The summed E-state index contributed by atoms with van der Waals surface area (Å²) >= 11 is 0. The molecule has 0 atom stereocenters. The molecule has 2 N–H and O–H groups in total. The predicted molar refractivity (Wildman–Crippen MR) is 40.2 cm³/mol. The predicted octanol–water partition coefficient (Wildman–Crippen LogP) is 1.92. The van der Waals surface area contributed by atoms with E-state index in [1.807, 2.05) is 0 Å². The average molecular weight is 127 g/mol. The van der Waals surface area contributed by atoms with Gasteiger partial charge >= 0.3 is 0 Å². The van der Waals surface area contributed by atoms with Crippen LogP contribution in [0, 0.1) is 5.92 Å². The Bertz CT molecular complexity index is 67.0. The van der Waals surface area contributed by atoms with Crippen molar-refractivity contribution in [3.63, 3.8) is 0 Å². The van der Waals surface area contributed by atoms with Gasteiger partial charge < -0.3 is 5.73 Å². The highest BCUT2D eigenvalue weighted by atomic mass is 14.5. The van der Waals surface area contributed by atoms with Crippen molar-refractivity contribution >= 4 is 0 Å². The van der Waals surface area contributed by atoms with E-state index >= 15 is 0 Å². The number of hydrogen-bond acceptors (Lipinski definition) is 1. The molecule has 0 bridgehead atoms. The van der Waals surface area contributed by atoms with Gasteiger partial charge in [-0.25, -0.2) is 0 Å². The first-order valence-electron chi connectivity index (χ1n) is 4.13. The molecule has 1 saturated carbocycles. The molecular weight excluding hydrogens is 110 g/mol. The Morgan fingerprint density at radius 2 is 2.00 bits per heavy atom. The number of rotatable bonds is 4. The molecule has 1 aliphatic carbocycles. The molecule has 1 rings (SSSR count). The van der Waals surface area contributed by atoms with Crippen LogP contribution in [0.4, 0.5) is 0 Å². The zero-order valence-corrected chi connectivity index (χ0v) is 6.10. The van der Waals surface area contributed by atoms with E-state index in [9.17, 15) is 0 Å². The molecule has 54 valence electrons. The highest BCUT2D eigenvalue weighted by Gasteiger charge is 2.15. The summed E-state index contributed by atoms with van der Waals surface area (Å²) in [7, 11) is 0. The lowest BCUT2D eigenvalue weighted by Crippen LogP contribution is -2.11. The molecule has 1 fully saturated rings. The van der Waals surface area contributed by atoms with E-state index in [1.54, 1.807) is 0 Å². The number of nitrogens with two attached hydrogens (primary N) is 1. The second-order valence-corrected chi connectivity index (χ2v) is 3.08. The van der Waals surface area contributed by atoms with Crippen LogP contribution < -0.4 is 5.73 Å². The minimum Gasteiger partial charge on any atom is -0.330 e. The minimum atomic E-state index is 0.882. The molecule has 1 heteroatoms. The fourth-order valence-electron chi connectivity index (χ4n) is 1.36. The molecule has 0 radical (unpaired) electrons. The molecule has 0 aromatic heterocycles. The van der Waals surface area contributed by atoms with Gasteiger partial charge in [-0.1, -0.05) is 32.1 Å². The van der Waals surface area contributed by atoms with Crippen molar-refractivity contribution in [3.05, 3.63) is 0 Å². The normalized spacial score (nSPS) is 19.7. The second-order valence-electron chi connectivity index (χ2n) is 3.08. The van der Waals surface area contributed by atoms with Crippen LogP contribution in [0.2, 0.25) is 0 Å². The third kappa shape index (κ3) is 2.35. The van der Waals surface area contributed by atoms with Crippen LogP contribution in [0.3, 0.4) is 0 Å². The van der Waals surface area contributed by atoms with Crippen molar-refractivity contribution in [2.75, 3.05) is 6.54 Å². The highest BCUT2D eigenvalue weighted by molar-refractivity contribution is 4.68. The van der Waals surface area contributed by atoms with Gasteiger partial charge in [0.1, 0.15) is 0 Å². The second kappa shape index (κ2) is 3.89. The first-order chi connectivity index (χ1) is 4.43. The molecule has 0 saturated heterocycles. The maximum absolute atomic E-state index is 5.37. The lowest BCUT2D eigenvalue weighted by molar-refractivity contribution is 0.288. The third-order valence-electron chi connectivity index (χ3n) is 2.29. The lowest BCUT2D eigenvalue weighted by atomic mass is 9.82. The number of hydrogen-bond donors (Lipinski definition) is 1. The van der Waals surface area contributed by atoms with Gasteiger partial charge in [0.05, 0.1) is 0 Å². The maximum atomic E-state index is 5.37. The monoisotopic (exact) mass is 127 g/mol.